The van der Waals surface area contributed by atoms with Crippen molar-refractivity contribution in [2.75, 3.05) is 23.4 Å². The van der Waals surface area contributed by atoms with Gasteiger partial charge in [-0.1, -0.05) is 23.8 Å². The van der Waals surface area contributed by atoms with Gasteiger partial charge >= 0.3 is 0 Å². The van der Waals surface area contributed by atoms with Crippen molar-refractivity contribution in [2.24, 2.45) is 0 Å². The Morgan fingerprint density at radius 1 is 1.29 bits per heavy atom. The zero-order chi connectivity index (χ0) is 22.1. The highest BCUT2D eigenvalue weighted by molar-refractivity contribution is 7.14. The largest absolute Gasteiger partial charge is 0.482 e. The SMILES string of the molecule is Cc1ccc(-c2csc(NC(=O)CN3C(=O)COc4ccc([N+](=O)[O-])cc43)n2)c(C)c1. The summed E-state index contributed by atoms with van der Waals surface area (Å²) in [6, 6.07) is 9.98. The second kappa shape index (κ2) is 8.15. The first-order valence-electron chi connectivity index (χ1n) is 9.36. The number of nitrogens with one attached hydrogen (secondary N) is 1. The molecule has 1 N–H and O–H groups in total. The molecule has 10 heteroatoms. The number of rotatable bonds is 5. The summed E-state index contributed by atoms with van der Waals surface area (Å²) in [6.07, 6.45) is 0. The summed E-state index contributed by atoms with van der Waals surface area (Å²) >= 11 is 1.28. The Bertz CT molecular complexity index is 1210. The van der Waals surface area contributed by atoms with E-state index in [0.29, 0.717) is 10.9 Å². The lowest BCUT2D eigenvalue weighted by atomic mass is 10.0. The number of amides is 2. The molecule has 3 aromatic rings. The monoisotopic (exact) mass is 438 g/mol. The Morgan fingerprint density at radius 2 is 2.10 bits per heavy atom. The van der Waals surface area contributed by atoms with Gasteiger partial charge in [0.05, 0.1) is 16.3 Å². The Morgan fingerprint density at radius 3 is 2.84 bits per heavy atom. The fourth-order valence-corrected chi connectivity index (χ4v) is 4.06. The first kappa shape index (κ1) is 20.5. The van der Waals surface area contributed by atoms with Crippen LogP contribution in [0.3, 0.4) is 0 Å². The van der Waals surface area contributed by atoms with Gasteiger partial charge in [0.25, 0.3) is 11.6 Å². The second-order valence-corrected chi connectivity index (χ2v) is 7.94. The van der Waals surface area contributed by atoms with Crippen molar-refractivity contribution in [2.45, 2.75) is 13.8 Å². The summed E-state index contributed by atoms with van der Waals surface area (Å²) in [4.78, 5) is 41.1. The van der Waals surface area contributed by atoms with Crippen LogP contribution in [0.4, 0.5) is 16.5 Å². The molecule has 31 heavy (non-hydrogen) atoms. The number of benzene rings is 2. The van der Waals surface area contributed by atoms with Gasteiger partial charge in [0.15, 0.2) is 11.7 Å². The molecule has 2 aromatic carbocycles. The molecule has 0 atom stereocenters. The van der Waals surface area contributed by atoms with Crippen LogP contribution in [0.5, 0.6) is 5.75 Å². The molecule has 9 nitrogen and oxygen atoms in total. The number of ether oxygens (including phenoxy) is 1. The summed E-state index contributed by atoms with van der Waals surface area (Å²) in [5.41, 5.74) is 3.96. The Balaban J connectivity index is 1.51. The van der Waals surface area contributed by atoms with E-state index in [1.807, 2.05) is 31.4 Å². The lowest BCUT2D eigenvalue weighted by molar-refractivity contribution is -0.384. The van der Waals surface area contributed by atoms with Crippen molar-refractivity contribution in [3.63, 3.8) is 0 Å². The molecule has 2 heterocycles. The van der Waals surface area contributed by atoms with Gasteiger partial charge in [0.2, 0.25) is 5.91 Å². The first-order valence-corrected chi connectivity index (χ1v) is 10.2. The minimum Gasteiger partial charge on any atom is -0.482 e. The van der Waals surface area contributed by atoms with Crippen LogP contribution in [0, 0.1) is 24.0 Å². The number of anilines is 2. The number of aromatic nitrogens is 1. The third-order valence-electron chi connectivity index (χ3n) is 4.81. The van der Waals surface area contributed by atoms with Gasteiger partial charge < -0.3 is 10.1 Å². The molecule has 0 saturated heterocycles. The van der Waals surface area contributed by atoms with E-state index in [2.05, 4.69) is 16.4 Å². The minimum atomic E-state index is -0.568. The smallest absolute Gasteiger partial charge is 0.271 e. The molecule has 1 aromatic heterocycles. The van der Waals surface area contributed by atoms with Crippen LogP contribution in [0.2, 0.25) is 0 Å². The molecule has 0 fully saturated rings. The summed E-state index contributed by atoms with van der Waals surface area (Å²) < 4.78 is 5.32. The molecule has 0 saturated carbocycles. The van der Waals surface area contributed by atoms with Gasteiger partial charge in [-0.3, -0.25) is 24.6 Å². The number of fused-ring (bicyclic) bond motifs is 1. The van der Waals surface area contributed by atoms with Crippen molar-refractivity contribution in [3.05, 3.63) is 63.0 Å². The molecular formula is C21H18N4O5S. The highest BCUT2D eigenvalue weighted by Crippen LogP contribution is 2.35. The Hall–Kier alpha value is -3.79. The lowest BCUT2D eigenvalue weighted by Gasteiger charge is -2.28. The van der Waals surface area contributed by atoms with Crippen molar-refractivity contribution >= 4 is 39.7 Å². The number of hydrogen-bond acceptors (Lipinski definition) is 7. The van der Waals surface area contributed by atoms with E-state index >= 15 is 0 Å². The number of hydrogen-bond donors (Lipinski definition) is 1. The molecule has 0 radical (unpaired) electrons. The van der Waals surface area contributed by atoms with Crippen LogP contribution in [-0.4, -0.2) is 34.9 Å². The van der Waals surface area contributed by atoms with Gasteiger partial charge in [-0.05, 0) is 25.5 Å². The molecule has 0 spiro atoms. The van der Waals surface area contributed by atoms with E-state index in [1.165, 1.54) is 34.4 Å². The van der Waals surface area contributed by atoms with Crippen molar-refractivity contribution in [1.82, 2.24) is 4.98 Å². The molecule has 0 unspecified atom stereocenters. The molecule has 0 aliphatic carbocycles. The number of carbonyl (C=O) groups excluding carboxylic acids is 2. The predicted octanol–water partition coefficient (Wildman–Crippen LogP) is 3.70. The Kier molecular flexibility index (Phi) is 5.38. The molecule has 158 valence electrons. The van der Waals surface area contributed by atoms with Crippen LogP contribution in [0.15, 0.2) is 41.8 Å². The molecule has 0 bridgehead atoms. The van der Waals surface area contributed by atoms with Crippen LogP contribution in [0.25, 0.3) is 11.3 Å². The fraction of sp³-hybridized carbons (Fsp3) is 0.190. The van der Waals surface area contributed by atoms with E-state index in [-0.39, 0.29) is 24.5 Å². The zero-order valence-corrected chi connectivity index (χ0v) is 17.6. The normalized spacial score (nSPS) is 12.8. The maximum absolute atomic E-state index is 12.6. The topological polar surface area (TPSA) is 115 Å². The first-order chi connectivity index (χ1) is 14.8. The standard InChI is InChI=1S/C21H18N4O5S/c1-12-3-5-15(13(2)7-12)16-11-31-21(22-16)23-19(26)9-24-17-8-14(25(28)29)4-6-18(17)30-10-20(24)27/h3-8,11H,9-10H2,1-2H3,(H,22,23,26). The zero-order valence-electron chi connectivity index (χ0n) is 16.7. The number of non-ortho nitro benzene ring substituents is 1. The van der Waals surface area contributed by atoms with Crippen molar-refractivity contribution in [1.29, 1.82) is 0 Å². The predicted molar refractivity (Wildman–Crippen MR) is 117 cm³/mol. The van der Waals surface area contributed by atoms with E-state index in [9.17, 15) is 19.7 Å². The van der Waals surface area contributed by atoms with Crippen molar-refractivity contribution < 1.29 is 19.2 Å². The molecule has 4 rings (SSSR count). The van der Waals surface area contributed by atoms with Crippen LogP contribution in [-0.2, 0) is 9.59 Å². The highest BCUT2D eigenvalue weighted by Gasteiger charge is 2.29. The quantitative estimate of drug-likeness (QED) is 0.480. The Labute approximate surface area is 181 Å². The van der Waals surface area contributed by atoms with Crippen LogP contribution < -0.4 is 15.0 Å². The summed E-state index contributed by atoms with van der Waals surface area (Å²) in [5, 5.41) is 16.0. The maximum atomic E-state index is 12.6. The molecule has 1 aliphatic rings. The molecule has 1 aliphatic heterocycles. The van der Waals surface area contributed by atoms with E-state index < -0.39 is 16.7 Å². The lowest BCUT2D eigenvalue weighted by Crippen LogP contribution is -2.43. The van der Waals surface area contributed by atoms with Gasteiger partial charge in [0.1, 0.15) is 12.3 Å². The van der Waals surface area contributed by atoms with Crippen molar-refractivity contribution in [3.8, 4) is 17.0 Å². The minimum absolute atomic E-state index is 0.190. The summed E-state index contributed by atoms with van der Waals surface area (Å²) in [7, 11) is 0. The maximum Gasteiger partial charge on any atom is 0.271 e. The highest BCUT2D eigenvalue weighted by atomic mass is 32.1. The average molecular weight is 438 g/mol. The van der Waals surface area contributed by atoms with Crippen LogP contribution >= 0.6 is 11.3 Å². The third kappa shape index (κ3) is 4.24. The van der Waals surface area contributed by atoms with Gasteiger partial charge in [-0.15, -0.1) is 11.3 Å². The van der Waals surface area contributed by atoms with Gasteiger partial charge in [-0.25, -0.2) is 4.98 Å². The van der Waals surface area contributed by atoms with E-state index in [4.69, 9.17) is 4.74 Å². The number of nitro groups is 1. The number of thiazole rings is 1. The number of nitrogens with zero attached hydrogens (tertiary/aromatic N) is 3. The third-order valence-corrected chi connectivity index (χ3v) is 5.56. The fourth-order valence-electron chi connectivity index (χ4n) is 3.34. The summed E-state index contributed by atoms with van der Waals surface area (Å²) in [6.45, 7) is 3.46. The average Bonchev–Trinajstić information content (AvgIpc) is 3.17. The van der Waals surface area contributed by atoms with Crippen LogP contribution in [0.1, 0.15) is 11.1 Å². The molecular weight excluding hydrogens is 420 g/mol. The summed E-state index contributed by atoms with van der Waals surface area (Å²) in [5.74, 6) is -0.614. The van der Waals surface area contributed by atoms with Gasteiger partial charge in [-0.2, -0.15) is 0 Å². The second-order valence-electron chi connectivity index (χ2n) is 7.08. The number of nitro benzene ring substituents is 1. The van der Waals surface area contributed by atoms with Gasteiger partial charge in [0, 0.05) is 23.1 Å². The number of carbonyl (C=O) groups is 2. The van der Waals surface area contributed by atoms with E-state index in [0.717, 1.165) is 22.4 Å². The molecule has 2 amide bonds. The number of aryl methyl sites for hydroxylation is 2. The van der Waals surface area contributed by atoms with E-state index in [1.54, 1.807) is 0 Å².